The largest absolute Gasteiger partial charge is 0.481 e. The molecule has 0 saturated carbocycles. The Balaban J connectivity index is 1.98. The molecule has 0 amide bonds. The molecule has 16 heavy (non-hydrogen) atoms. The highest BCUT2D eigenvalue weighted by molar-refractivity contribution is 5.70. The number of aryl methyl sites for hydroxylation is 2. The van der Waals surface area contributed by atoms with Crippen molar-refractivity contribution < 1.29 is 9.90 Å². The molecule has 2 N–H and O–H groups in total. The molecule has 1 aromatic carbocycles. The maximum Gasteiger partial charge on any atom is 0.308 e. The predicted molar refractivity (Wildman–Crippen MR) is 63.8 cm³/mol. The minimum Gasteiger partial charge on any atom is -0.481 e. The smallest absolute Gasteiger partial charge is 0.308 e. The summed E-state index contributed by atoms with van der Waals surface area (Å²) in [7, 11) is 0. The number of hydrogen-bond acceptors (Lipinski definition) is 2. The number of hydrogen-bond donors (Lipinski definition) is 2. The van der Waals surface area contributed by atoms with Crippen LogP contribution in [0.25, 0.3) is 0 Å². The molecule has 86 valence electrons. The summed E-state index contributed by atoms with van der Waals surface area (Å²) in [5.74, 6) is -1.11. The highest BCUT2D eigenvalue weighted by Crippen LogP contribution is 2.24. The lowest BCUT2D eigenvalue weighted by Crippen LogP contribution is -2.19. The average molecular weight is 219 g/mol. The third kappa shape index (κ3) is 2.35. The Hall–Kier alpha value is -1.51. The second-order valence-electron chi connectivity index (χ2n) is 4.46. The van der Waals surface area contributed by atoms with Gasteiger partial charge >= 0.3 is 5.97 Å². The normalized spacial score (nSPS) is 15.6. The van der Waals surface area contributed by atoms with E-state index in [-0.39, 0.29) is 5.92 Å². The third-order valence-corrected chi connectivity index (χ3v) is 3.13. The van der Waals surface area contributed by atoms with E-state index in [1.54, 1.807) is 6.92 Å². The van der Waals surface area contributed by atoms with Crippen LogP contribution in [0.15, 0.2) is 18.2 Å². The van der Waals surface area contributed by atoms with Crippen LogP contribution in [0, 0.1) is 5.92 Å². The lowest BCUT2D eigenvalue weighted by molar-refractivity contribution is -0.140. The molecule has 1 aromatic rings. The van der Waals surface area contributed by atoms with Gasteiger partial charge in [0.25, 0.3) is 0 Å². The minimum absolute atomic E-state index is 0.353. The first-order valence-corrected chi connectivity index (χ1v) is 5.75. The van der Waals surface area contributed by atoms with Gasteiger partial charge in [-0.1, -0.05) is 13.0 Å². The first-order chi connectivity index (χ1) is 7.66. The van der Waals surface area contributed by atoms with Gasteiger partial charge in [0, 0.05) is 12.2 Å². The topological polar surface area (TPSA) is 49.3 Å². The molecule has 0 spiro atoms. The summed E-state index contributed by atoms with van der Waals surface area (Å²) in [6, 6.07) is 6.34. The molecule has 0 aromatic heterocycles. The predicted octanol–water partition coefficient (Wildman–Crippen LogP) is 2.31. The molecular formula is C13H17NO2. The molecule has 0 fully saturated rings. The highest BCUT2D eigenvalue weighted by atomic mass is 16.4. The Morgan fingerprint density at radius 3 is 2.94 bits per heavy atom. The van der Waals surface area contributed by atoms with E-state index in [1.807, 2.05) is 6.07 Å². The molecule has 1 atom stereocenters. The van der Waals surface area contributed by atoms with Crippen molar-refractivity contribution >= 4 is 11.7 Å². The molecule has 1 unspecified atom stereocenters. The summed E-state index contributed by atoms with van der Waals surface area (Å²) >= 11 is 0. The SMILES string of the molecule is CC(CNc1ccc2c(c1)CCC2)C(=O)O. The maximum absolute atomic E-state index is 10.7. The van der Waals surface area contributed by atoms with Gasteiger partial charge in [-0.3, -0.25) is 4.79 Å². The van der Waals surface area contributed by atoms with Crippen LogP contribution in [0.3, 0.4) is 0 Å². The molecule has 0 saturated heterocycles. The van der Waals surface area contributed by atoms with E-state index >= 15 is 0 Å². The number of carboxylic acids is 1. The van der Waals surface area contributed by atoms with Crippen LogP contribution in [0.1, 0.15) is 24.5 Å². The van der Waals surface area contributed by atoms with Crippen molar-refractivity contribution in [2.75, 3.05) is 11.9 Å². The van der Waals surface area contributed by atoms with Crippen molar-refractivity contribution in [3.63, 3.8) is 0 Å². The van der Waals surface area contributed by atoms with Crippen molar-refractivity contribution in [1.29, 1.82) is 0 Å². The zero-order chi connectivity index (χ0) is 11.5. The first kappa shape index (κ1) is 11.0. The number of carbonyl (C=O) groups is 1. The van der Waals surface area contributed by atoms with Crippen molar-refractivity contribution in [3.05, 3.63) is 29.3 Å². The molecule has 1 aliphatic rings. The fourth-order valence-electron chi connectivity index (χ4n) is 2.04. The molecule has 0 aliphatic heterocycles. The van der Waals surface area contributed by atoms with Gasteiger partial charge in [0.15, 0.2) is 0 Å². The fraction of sp³-hybridized carbons (Fsp3) is 0.462. The summed E-state index contributed by atoms with van der Waals surface area (Å²) in [5, 5.41) is 11.9. The molecule has 0 bridgehead atoms. The van der Waals surface area contributed by atoms with E-state index in [1.165, 1.54) is 24.0 Å². The molecule has 0 radical (unpaired) electrons. The summed E-state index contributed by atoms with van der Waals surface area (Å²) in [6.07, 6.45) is 3.57. The van der Waals surface area contributed by atoms with Crippen LogP contribution < -0.4 is 5.32 Å². The van der Waals surface area contributed by atoms with Crippen LogP contribution in [-0.2, 0) is 17.6 Å². The maximum atomic E-state index is 10.7. The summed E-state index contributed by atoms with van der Waals surface area (Å²) in [6.45, 7) is 2.19. The Bertz CT molecular complexity index is 401. The first-order valence-electron chi connectivity index (χ1n) is 5.75. The van der Waals surface area contributed by atoms with Gasteiger partial charge in [-0.15, -0.1) is 0 Å². The Morgan fingerprint density at radius 2 is 2.19 bits per heavy atom. The summed E-state index contributed by atoms with van der Waals surface area (Å²) in [5.41, 5.74) is 3.89. The lowest BCUT2D eigenvalue weighted by Gasteiger charge is -2.10. The minimum atomic E-state index is -0.756. The number of rotatable bonds is 4. The zero-order valence-corrected chi connectivity index (χ0v) is 9.49. The standard InChI is InChI=1S/C13H17NO2/c1-9(13(15)16)8-14-12-6-5-10-3-2-4-11(10)7-12/h5-7,9,14H,2-4,8H2,1H3,(H,15,16). The van der Waals surface area contributed by atoms with Crippen LogP contribution in [0.4, 0.5) is 5.69 Å². The number of aliphatic carboxylic acids is 1. The van der Waals surface area contributed by atoms with Crippen molar-refractivity contribution in [3.8, 4) is 0 Å². The summed E-state index contributed by atoms with van der Waals surface area (Å²) in [4.78, 5) is 10.7. The Labute approximate surface area is 95.5 Å². The Kier molecular flexibility index (Phi) is 3.13. The number of fused-ring (bicyclic) bond motifs is 1. The van der Waals surface area contributed by atoms with Gasteiger partial charge in [-0.05, 0) is 42.5 Å². The fourth-order valence-corrected chi connectivity index (χ4v) is 2.04. The zero-order valence-electron chi connectivity index (χ0n) is 9.49. The van der Waals surface area contributed by atoms with E-state index in [0.717, 1.165) is 12.1 Å². The third-order valence-electron chi connectivity index (χ3n) is 3.13. The molecule has 3 nitrogen and oxygen atoms in total. The van der Waals surface area contributed by atoms with Crippen molar-refractivity contribution in [2.45, 2.75) is 26.2 Å². The molecule has 2 rings (SSSR count). The monoisotopic (exact) mass is 219 g/mol. The molecule has 0 heterocycles. The number of nitrogens with one attached hydrogen (secondary N) is 1. The van der Waals surface area contributed by atoms with Gasteiger partial charge in [-0.2, -0.15) is 0 Å². The van der Waals surface area contributed by atoms with Crippen LogP contribution >= 0.6 is 0 Å². The van der Waals surface area contributed by atoms with Gasteiger partial charge in [0.05, 0.1) is 5.92 Å². The average Bonchev–Trinajstić information content (AvgIpc) is 2.72. The summed E-state index contributed by atoms with van der Waals surface area (Å²) < 4.78 is 0. The molecular weight excluding hydrogens is 202 g/mol. The number of anilines is 1. The highest BCUT2D eigenvalue weighted by Gasteiger charge is 2.12. The van der Waals surface area contributed by atoms with Crippen LogP contribution in [0.2, 0.25) is 0 Å². The lowest BCUT2D eigenvalue weighted by atomic mass is 10.1. The quantitative estimate of drug-likeness (QED) is 0.817. The van der Waals surface area contributed by atoms with Crippen LogP contribution in [-0.4, -0.2) is 17.6 Å². The van der Waals surface area contributed by atoms with Gasteiger partial charge < -0.3 is 10.4 Å². The van der Waals surface area contributed by atoms with Gasteiger partial charge in [0.2, 0.25) is 0 Å². The number of benzene rings is 1. The van der Waals surface area contributed by atoms with E-state index in [9.17, 15) is 4.79 Å². The second-order valence-corrected chi connectivity index (χ2v) is 4.46. The molecule has 1 aliphatic carbocycles. The Morgan fingerprint density at radius 1 is 1.44 bits per heavy atom. The van der Waals surface area contributed by atoms with E-state index in [0.29, 0.717) is 6.54 Å². The van der Waals surface area contributed by atoms with E-state index in [4.69, 9.17) is 5.11 Å². The van der Waals surface area contributed by atoms with Crippen molar-refractivity contribution in [1.82, 2.24) is 0 Å². The van der Waals surface area contributed by atoms with E-state index in [2.05, 4.69) is 17.4 Å². The van der Waals surface area contributed by atoms with E-state index < -0.39 is 5.97 Å². The van der Waals surface area contributed by atoms with Gasteiger partial charge in [0.1, 0.15) is 0 Å². The second kappa shape index (κ2) is 4.56. The van der Waals surface area contributed by atoms with Crippen LogP contribution in [0.5, 0.6) is 0 Å². The van der Waals surface area contributed by atoms with Gasteiger partial charge in [-0.25, -0.2) is 0 Å². The number of carboxylic acid groups (broad SMARTS) is 1. The molecule has 3 heteroatoms. The van der Waals surface area contributed by atoms with Crippen molar-refractivity contribution in [2.24, 2.45) is 5.92 Å².